The smallest absolute Gasteiger partial charge is 0.312 e. The number of hydrogen-bond donors (Lipinski definition) is 2. The molecule has 19 heavy (non-hydrogen) atoms. The van der Waals surface area contributed by atoms with E-state index in [1.807, 2.05) is 0 Å². The highest BCUT2D eigenvalue weighted by Gasteiger charge is 2.50. The van der Waals surface area contributed by atoms with E-state index in [4.69, 9.17) is 0 Å². The van der Waals surface area contributed by atoms with Crippen LogP contribution in [-0.2, 0) is 11.3 Å². The van der Waals surface area contributed by atoms with Crippen LogP contribution >= 0.6 is 11.3 Å². The molecule has 2 aliphatic heterocycles. The predicted octanol–water partition coefficient (Wildman–Crippen LogP) is 1.78. The molecule has 0 aromatic carbocycles. The number of hydrogen-bond acceptors (Lipinski definition) is 4. The Hall–Kier alpha value is -0.910. The summed E-state index contributed by atoms with van der Waals surface area (Å²) in [5.41, 5.74) is 0.722. The van der Waals surface area contributed by atoms with Crippen LogP contribution in [0.3, 0.4) is 0 Å². The first-order chi connectivity index (χ1) is 9.21. The lowest BCUT2D eigenvalue weighted by Crippen LogP contribution is -2.62. The molecule has 2 N–H and O–H groups in total. The van der Waals surface area contributed by atoms with Gasteiger partial charge in [-0.15, -0.1) is 0 Å². The number of carbonyl (C=O) groups is 1. The van der Waals surface area contributed by atoms with Gasteiger partial charge in [-0.1, -0.05) is 0 Å². The highest BCUT2D eigenvalue weighted by Crippen LogP contribution is 2.38. The van der Waals surface area contributed by atoms with Gasteiger partial charge < -0.3 is 10.4 Å². The maximum absolute atomic E-state index is 11.8. The summed E-state index contributed by atoms with van der Waals surface area (Å²) in [6, 6.07) is 2.28. The Morgan fingerprint density at radius 3 is 3.26 bits per heavy atom. The number of likely N-dealkylation sites (tertiary alicyclic amines) is 1. The lowest BCUT2D eigenvalue weighted by Gasteiger charge is -2.48. The van der Waals surface area contributed by atoms with Crippen molar-refractivity contribution in [3.05, 3.63) is 22.4 Å². The van der Waals surface area contributed by atoms with Gasteiger partial charge in [0, 0.05) is 25.7 Å². The van der Waals surface area contributed by atoms with E-state index in [1.165, 1.54) is 5.56 Å². The number of aliphatic carboxylic acids is 1. The Labute approximate surface area is 117 Å². The highest BCUT2D eigenvalue weighted by atomic mass is 32.1. The summed E-state index contributed by atoms with van der Waals surface area (Å²) in [7, 11) is 0. The third-order valence-corrected chi connectivity index (χ3v) is 5.24. The van der Waals surface area contributed by atoms with Gasteiger partial charge in [-0.3, -0.25) is 9.69 Å². The molecule has 0 bridgehead atoms. The average molecular weight is 280 g/mol. The van der Waals surface area contributed by atoms with E-state index < -0.39 is 11.4 Å². The van der Waals surface area contributed by atoms with Gasteiger partial charge >= 0.3 is 5.97 Å². The predicted molar refractivity (Wildman–Crippen MR) is 75.3 cm³/mol. The quantitative estimate of drug-likeness (QED) is 0.886. The van der Waals surface area contributed by atoms with E-state index in [9.17, 15) is 9.90 Å². The molecule has 0 spiro atoms. The molecule has 3 rings (SSSR count). The van der Waals surface area contributed by atoms with Crippen molar-refractivity contribution >= 4 is 17.3 Å². The lowest BCUT2D eigenvalue weighted by molar-refractivity contribution is -0.157. The van der Waals surface area contributed by atoms with E-state index in [2.05, 4.69) is 27.0 Å². The van der Waals surface area contributed by atoms with E-state index >= 15 is 0 Å². The molecule has 0 radical (unpaired) electrons. The molecular formula is C14H20N2O2S. The van der Waals surface area contributed by atoms with Gasteiger partial charge in [0.05, 0.1) is 5.41 Å². The first-order valence-corrected chi connectivity index (χ1v) is 7.85. The minimum atomic E-state index is -0.625. The molecule has 1 aromatic heterocycles. The fourth-order valence-corrected chi connectivity index (χ4v) is 4.17. The minimum Gasteiger partial charge on any atom is -0.481 e. The van der Waals surface area contributed by atoms with E-state index in [0.717, 1.165) is 38.9 Å². The molecule has 3 heterocycles. The highest BCUT2D eigenvalue weighted by molar-refractivity contribution is 7.07. The number of fused-ring (bicyclic) bond motifs is 1. The average Bonchev–Trinajstić information content (AvgIpc) is 2.91. The van der Waals surface area contributed by atoms with Crippen molar-refractivity contribution in [3.8, 4) is 0 Å². The fraction of sp³-hybridized carbons (Fsp3) is 0.643. The zero-order valence-corrected chi connectivity index (χ0v) is 11.8. The zero-order valence-electron chi connectivity index (χ0n) is 11.0. The topological polar surface area (TPSA) is 52.6 Å². The second-order valence-electron chi connectivity index (χ2n) is 5.70. The molecule has 2 aliphatic rings. The third-order valence-electron chi connectivity index (χ3n) is 4.51. The molecule has 0 amide bonds. The number of thiophene rings is 1. The van der Waals surface area contributed by atoms with E-state index in [0.29, 0.717) is 6.54 Å². The van der Waals surface area contributed by atoms with Gasteiger partial charge in [-0.05, 0) is 48.2 Å². The number of nitrogens with one attached hydrogen (secondary N) is 1. The Bertz CT molecular complexity index is 448. The van der Waals surface area contributed by atoms with Crippen molar-refractivity contribution in [2.45, 2.75) is 31.8 Å². The molecule has 5 heteroatoms. The molecule has 2 fully saturated rings. The standard InChI is InChI=1S/C14H20N2O2S/c17-13(18)14-4-1-5-15-12(14)2-6-16(10-14)8-11-3-7-19-9-11/h3,7,9,12,15H,1-2,4-6,8,10H2,(H,17,18). The summed E-state index contributed by atoms with van der Waals surface area (Å²) in [5, 5.41) is 17.4. The van der Waals surface area contributed by atoms with Gasteiger partial charge in [0.1, 0.15) is 0 Å². The van der Waals surface area contributed by atoms with Crippen LogP contribution in [0.2, 0.25) is 0 Å². The maximum Gasteiger partial charge on any atom is 0.312 e. The third kappa shape index (κ3) is 2.42. The van der Waals surface area contributed by atoms with Gasteiger partial charge in [-0.2, -0.15) is 11.3 Å². The van der Waals surface area contributed by atoms with Crippen molar-refractivity contribution in [3.63, 3.8) is 0 Å². The molecule has 2 saturated heterocycles. The van der Waals surface area contributed by atoms with Crippen molar-refractivity contribution in [2.75, 3.05) is 19.6 Å². The van der Waals surface area contributed by atoms with Gasteiger partial charge in [0.2, 0.25) is 0 Å². The Morgan fingerprint density at radius 1 is 1.63 bits per heavy atom. The largest absolute Gasteiger partial charge is 0.481 e. The van der Waals surface area contributed by atoms with Crippen LogP contribution < -0.4 is 5.32 Å². The summed E-state index contributed by atoms with van der Waals surface area (Å²) in [6.07, 6.45) is 2.71. The van der Waals surface area contributed by atoms with Crippen LogP contribution in [0.25, 0.3) is 0 Å². The van der Waals surface area contributed by atoms with Crippen molar-refractivity contribution in [1.82, 2.24) is 10.2 Å². The van der Waals surface area contributed by atoms with E-state index in [1.54, 1.807) is 11.3 Å². The monoisotopic (exact) mass is 280 g/mol. The molecule has 1 aromatic rings. The maximum atomic E-state index is 11.8. The van der Waals surface area contributed by atoms with Gasteiger partial charge in [0.25, 0.3) is 0 Å². The lowest BCUT2D eigenvalue weighted by atomic mass is 9.70. The summed E-state index contributed by atoms with van der Waals surface area (Å²) in [5.74, 6) is -0.625. The molecule has 4 nitrogen and oxygen atoms in total. The summed E-state index contributed by atoms with van der Waals surface area (Å²) >= 11 is 1.70. The SMILES string of the molecule is O=C(O)C12CCCNC1CCN(Cc1ccsc1)C2. The van der Waals surface area contributed by atoms with Crippen LogP contribution in [0.15, 0.2) is 16.8 Å². The van der Waals surface area contributed by atoms with Gasteiger partial charge in [-0.25, -0.2) is 0 Å². The zero-order chi connectivity index (χ0) is 13.3. The second-order valence-corrected chi connectivity index (χ2v) is 6.48. The Kier molecular flexibility index (Phi) is 3.60. The Morgan fingerprint density at radius 2 is 2.53 bits per heavy atom. The molecule has 2 unspecified atom stereocenters. The Balaban J connectivity index is 1.75. The molecule has 104 valence electrons. The van der Waals surface area contributed by atoms with Crippen molar-refractivity contribution in [2.24, 2.45) is 5.41 Å². The number of carboxylic acids is 1. The van der Waals surface area contributed by atoms with Crippen LogP contribution in [0, 0.1) is 5.41 Å². The second kappa shape index (κ2) is 5.23. The number of piperidine rings is 2. The van der Waals surface area contributed by atoms with Crippen molar-refractivity contribution < 1.29 is 9.90 Å². The summed E-state index contributed by atoms with van der Waals surface area (Å²) < 4.78 is 0. The van der Waals surface area contributed by atoms with Crippen LogP contribution in [-0.4, -0.2) is 41.7 Å². The van der Waals surface area contributed by atoms with Crippen LogP contribution in [0.1, 0.15) is 24.8 Å². The normalized spacial score (nSPS) is 31.9. The fourth-order valence-electron chi connectivity index (χ4n) is 3.51. The number of rotatable bonds is 3. The van der Waals surface area contributed by atoms with Crippen molar-refractivity contribution in [1.29, 1.82) is 0 Å². The van der Waals surface area contributed by atoms with Crippen LogP contribution in [0.4, 0.5) is 0 Å². The number of nitrogens with zero attached hydrogens (tertiary/aromatic N) is 1. The molecular weight excluding hydrogens is 260 g/mol. The summed E-state index contributed by atoms with van der Waals surface area (Å²) in [4.78, 5) is 14.1. The minimum absolute atomic E-state index is 0.150. The van der Waals surface area contributed by atoms with Crippen LogP contribution in [0.5, 0.6) is 0 Å². The first-order valence-electron chi connectivity index (χ1n) is 6.91. The van der Waals surface area contributed by atoms with Gasteiger partial charge in [0.15, 0.2) is 0 Å². The summed E-state index contributed by atoms with van der Waals surface area (Å²) in [6.45, 7) is 3.51. The van der Waals surface area contributed by atoms with E-state index in [-0.39, 0.29) is 6.04 Å². The molecule has 0 aliphatic carbocycles. The molecule has 2 atom stereocenters. The molecule has 0 saturated carbocycles. The number of carboxylic acid groups (broad SMARTS) is 1. The first kappa shape index (κ1) is 13.1.